The molecule has 0 fully saturated rings. The van der Waals surface area contributed by atoms with Crippen LogP contribution >= 0.6 is 23.1 Å². The molecular weight excluding hydrogens is 617 g/mol. The molecule has 4 aromatic carbocycles. The van der Waals surface area contributed by atoms with Gasteiger partial charge >= 0.3 is 0 Å². The smallest absolute Gasteiger partial charge is 0.236 e. The molecule has 1 N–H and O–H groups in total. The van der Waals surface area contributed by atoms with E-state index in [1.54, 1.807) is 0 Å². The molecule has 6 rings (SSSR count). The third kappa shape index (κ3) is 7.69. The molecule has 47 heavy (non-hydrogen) atoms. The molecule has 2 heterocycles. The largest absolute Gasteiger partial charge is 0.319 e. The van der Waals surface area contributed by atoms with E-state index in [0.717, 1.165) is 50.9 Å². The highest BCUT2D eigenvalue weighted by molar-refractivity contribution is 7.99. The van der Waals surface area contributed by atoms with Crippen molar-refractivity contribution < 1.29 is 4.79 Å². The van der Waals surface area contributed by atoms with Gasteiger partial charge in [0.25, 0.3) is 0 Å². The molecule has 0 unspecified atom stereocenters. The molecule has 0 saturated heterocycles. The second-order valence-electron chi connectivity index (χ2n) is 14.0. The van der Waals surface area contributed by atoms with Crippen molar-refractivity contribution in [3.63, 3.8) is 0 Å². The zero-order valence-electron chi connectivity index (χ0n) is 28.0. The van der Waals surface area contributed by atoms with Crippen molar-refractivity contribution in [2.45, 2.75) is 70.5 Å². The lowest BCUT2D eigenvalue weighted by Gasteiger charge is -2.19. The van der Waals surface area contributed by atoms with Crippen LogP contribution in [0.5, 0.6) is 0 Å². The van der Waals surface area contributed by atoms with Gasteiger partial charge in [0.2, 0.25) is 5.91 Å². The van der Waals surface area contributed by atoms with E-state index in [9.17, 15) is 4.79 Å². The zero-order chi connectivity index (χ0) is 33.2. The molecular formula is C40H42N4OS2. The van der Waals surface area contributed by atoms with Crippen LogP contribution in [0.1, 0.15) is 58.2 Å². The molecule has 5 nitrogen and oxygen atoms in total. The fourth-order valence-corrected chi connectivity index (χ4v) is 7.42. The van der Waals surface area contributed by atoms with Crippen molar-refractivity contribution in [2.75, 3.05) is 11.1 Å². The van der Waals surface area contributed by atoms with Gasteiger partial charge < -0.3 is 9.88 Å². The maximum atomic E-state index is 13.4. The first-order valence-electron chi connectivity index (χ1n) is 16.1. The van der Waals surface area contributed by atoms with Crippen LogP contribution in [0, 0.1) is 0 Å². The van der Waals surface area contributed by atoms with Crippen LogP contribution in [-0.4, -0.2) is 26.2 Å². The molecule has 0 aliphatic heterocycles. The van der Waals surface area contributed by atoms with Crippen molar-refractivity contribution in [3.05, 3.63) is 120 Å². The molecule has 2 aromatic heterocycles. The molecule has 0 saturated carbocycles. The van der Waals surface area contributed by atoms with Crippen molar-refractivity contribution >= 4 is 45.2 Å². The topological polar surface area (TPSA) is 59.8 Å². The Morgan fingerprint density at radius 2 is 1.34 bits per heavy atom. The summed E-state index contributed by atoms with van der Waals surface area (Å²) in [6.45, 7) is 14.1. The van der Waals surface area contributed by atoms with Gasteiger partial charge in [-0.05, 0) is 51.6 Å². The molecule has 0 bridgehead atoms. The summed E-state index contributed by atoms with van der Waals surface area (Å²) < 4.78 is 2.22. The Kier molecular flexibility index (Phi) is 9.40. The monoisotopic (exact) mass is 658 g/mol. The second-order valence-corrected chi connectivity index (χ2v) is 15.9. The van der Waals surface area contributed by atoms with Crippen LogP contribution in [-0.2, 0) is 28.6 Å². The van der Waals surface area contributed by atoms with Gasteiger partial charge in [0.1, 0.15) is 0 Å². The van der Waals surface area contributed by atoms with E-state index < -0.39 is 0 Å². The zero-order valence-corrected chi connectivity index (χ0v) is 29.6. The predicted molar refractivity (Wildman–Crippen MR) is 200 cm³/mol. The van der Waals surface area contributed by atoms with Crippen LogP contribution in [0.4, 0.5) is 5.13 Å². The lowest BCUT2D eigenvalue weighted by molar-refractivity contribution is -0.113. The van der Waals surface area contributed by atoms with E-state index in [4.69, 9.17) is 9.97 Å². The fourth-order valence-electron chi connectivity index (χ4n) is 5.57. The maximum absolute atomic E-state index is 13.4. The van der Waals surface area contributed by atoms with E-state index in [-0.39, 0.29) is 22.5 Å². The Balaban J connectivity index is 1.24. The summed E-state index contributed by atoms with van der Waals surface area (Å²) in [7, 11) is 0. The van der Waals surface area contributed by atoms with Crippen molar-refractivity contribution in [1.82, 2.24) is 14.5 Å². The van der Waals surface area contributed by atoms with Gasteiger partial charge in [-0.3, -0.25) is 4.79 Å². The third-order valence-corrected chi connectivity index (χ3v) is 10.3. The Hall–Kier alpha value is -4.20. The first kappa shape index (κ1) is 32.7. The minimum absolute atomic E-state index is 0.0606. The number of fused-ring (bicyclic) bond motifs is 1. The van der Waals surface area contributed by atoms with E-state index in [1.165, 1.54) is 39.8 Å². The highest BCUT2D eigenvalue weighted by Crippen LogP contribution is 2.40. The molecule has 0 aliphatic carbocycles. The number of nitrogens with zero attached hydrogens (tertiary/aromatic N) is 3. The van der Waals surface area contributed by atoms with Crippen molar-refractivity contribution in [1.29, 1.82) is 0 Å². The molecule has 6 aromatic rings. The van der Waals surface area contributed by atoms with E-state index in [2.05, 4.69) is 130 Å². The van der Waals surface area contributed by atoms with E-state index >= 15 is 0 Å². The highest BCUT2D eigenvalue weighted by Gasteiger charge is 2.21. The van der Waals surface area contributed by atoms with E-state index in [1.807, 2.05) is 24.3 Å². The SMILES string of the molecule is CC(C)(C)c1ccc(-c2nc(NC(=O)CSc3nc4ccccc4n3CCc3ccccc3)sc2-c2ccc(C(C)(C)C)cc2)cc1. The van der Waals surface area contributed by atoms with Crippen LogP contribution in [0.3, 0.4) is 0 Å². The lowest BCUT2D eigenvalue weighted by atomic mass is 9.86. The lowest BCUT2D eigenvalue weighted by Crippen LogP contribution is -2.14. The number of amides is 1. The van der Waals surface area contributed by atoms with Gasteiger partial charge in [0.15, 0.2) is 10.3 Å². The molecule has 0 radical (unpaired) electrons. The minimum atomic E-state index is -0.102. The molecule has 240 valence electrons. The number of nitrogens with one attached hydrogen (secondary N) is 1. The summed E-state index contributed by atoms with van der Waals surface area (Å²) in [4.78, 5) is 24.3. The summed E-state index contributed by atoms with van der Waals surface area (Å²) in [5.74, 6) is 0.133. The first-order chi connectivity index (χ1) is 22.5. The summed E-state index contributed by atoms with van der Waals surface area (Å²) in [6.07, 6.45) is 0.888. The third-order valence-electron chi connectivity index (χ3n) is 8.33. The second kappa shape index (κ2) is 13.5. The standard InChI is InChI=1S/C40H42N4OS2/c1-39(2,3)30-20-16-28(17-21-30)35-36(29-18-22-31(23-19-29)40(4,5)6)47-37(43-35)42-34(45)26-46-38-41-32-14-10-11-15-33(32)44(38)25-24-27-12-8-7-9-13-27/h7-23H,24-26H2,1-6H3,(H,42,43,45). The number of carbonyl (C=O) groups excluding carboxylic acids is 1. The number of aryl methyl sites for hydroxylation is 2. The number of thioether (sulfide) groups is 1. The Morgan fingerprint density at radius 3 is 1.98 bits per heavy atom. The van der Waals surface area contributed by atoms with Gasteiger partial charge in [-0.2, -0.15) is 0 Å². The van der Waals surface area contributed by atoms with Gasteiger partial charge in [0, 0.05) is 12.1 Å². The van der Waals surface area contributed by atoms with Crippen LogP contribution in [0.2, 0.25) is 0 Å². The number of aromatic nitrogens is 3. The molecule has 0 atom stereocenters. The van der Waals surface area contributed by atoms with Crippen molar-refractivity contribution in [2.24, 2.45) is 0 Å². The molecule has 1 amide bonds. The van der Waals surface area contributed by atoms with E-state index in [0.29, 0.717) is 5.13 Å². The summed E-state index contributed by atoms with van der Waals surface area (Å²) >= 11 is 2.98. The summed E-state index contributed by atoms with van der Waals surface area (Å²) in [5.41, 5.74) is 8.97. The summed E-state index contributed by atoms with van der Waals surface area (Å²) in [5, 5.41) is 4.54. The quantitative estimate of drug-likeness (QED) is 0.157. The molecule has 0 aliphatic rings. The minimum Gasteiger partial charge on any atom is -0.319 e. The number of hydrogen-bond acceptors (Lipinski definition) is 5. The maximum Gasteiger partial charge on any atom is 0.236 e. The van der Waals surface area contributed by atoms with Gasteiger partial charge in [-0.1, -0.05) is 156 Å². The Morgan fingerprint density at radius 1 is 0.745 bits per heavy atom. The highest BCUT2D eigenvalue weighted by atomic mass is 32.2. The Labute approximate surface area is 286 Å². The fraction of sp³-hybridized carbons (Fsp3) is 0.275. The summed E-state index contributed by atoms with van der Waals surface area (Å²) in [6, 6.07) is 36.0. The molecule has 7 heteroatoms. The first-order valence-corrected chi connectivity index (χ1v) is 17.9. The number of anilines is 1. The van der Waals surface area contributed by atoms with Crippen molar-refractivity contribution in [3.8, 4) is 21.7 Å². The molecule has 0 spiro atoms. The van der Waals surface area contributed by atoms with Crippen LogP contribution in [0.25, 0.3) is 32.7 Å². The van der Waals surface area contributed by atoms with Gasteiger partial charge in [-0.15, -0.1) is 0 Å². The van der Waals surface area contributed by atoms with Gasteiger partial charge in [-0.25, -0.2) is 9.97 Å². The average Bonchev–Trinajstić information content (AvgIpc) is 3.63. The number of para-hydroxylation sites is 2. The Bertz CT molecular complexity index is 1900. The number of thiazole rings is 1. The number of carbonyl (C=O) groups is 1. The normalized spacial score (nSPS) is 12.0. The van der Waals surface area contributed by atoms with Crippen LogP contribution in [0.15, 0.2) is 108 Å². The number of imidazole rings is 1. The average molecular weight is 659 g/mol. The number of hydrogen-bond donors (Lipinski definition) is 1. The number of rotatable bonds is 9. The van der Waals surface area contributed by atoms with Gasteiger partial charge in [0.05, 0.1) is 27.4 Å². The predicted octanol–water partition coefficient (Wildman–Crippen LogP) is 10.4. The van der Waals surface area contributed by atoms with Crippen LogP contribution < -0.4 is 5.32 Å². The number of benzene rings is 4.